The third-order valence-electron chi connectivity index (χ3n) is 2.92. The Kier molecular flexibility index (Phi) is 4.35. The van der Waals surface area contributed by atoms with Gasteiger partial charge < -0.3 is 0 Å². The third kappa shape index (κ3) is 2.94. The molecule has 0 saturated heterocycles. The zero-order chi connectivity index (χ0) is 12.6. The first-order valence-corrected chi connectivity index (χ1v) is 9.27. The molecule has 0 amide bonds. The Hall–Kier alpha value is 0.570. The fourth-order valence-corrected chi connectivity index (χ4v) is 6.68. The van der Waals surface area contributed by atoms with Gasteiger partial charge in [-0.3, -0.25) is 0 Å². The van der Waals surface area contributed by atoms with Crippen molar-refractivity contribution in [2.75, 3.05) is 13.6 Å². The van der Waals surface area contributed by atoms with E-state index in [1.807, 2.05) is 0 Å². The SMILES string of the molecule is CN(CC1CC(Br)C1)S(=O)(=O)c1sccc1Br. The molecule has 17 heavy (non-hydrogen) atoms. The van der Waals surface area contributed by atoms with Crippen LogP contribution in [0.5, 0.6) is 0 Å². The van der Waals surface area contributed by atoms with Crippen LogP contribution in [-0.2, 0) is 10.0 Å². The van der Waals surface area contributed by atoms with E-state index in [1.54, 1.807) is 18.5 Å². The van der Waals surface area contributed by atoms with Crippen molar-refractivity contribution in [1.82, 2.24) is 4.31 Å². The highest BCUT2D eigenvalue weighted by atomic mass is 79.9. The van der Waals surface area contributed by atoms with Crippen molar-refractivity contribution in [3.63, 3.8) is 0 Å². The largest absolute Gasteiger partial charge is 0.253 e. The van der Waals surface area contributed by atoms with Crippen LogP contribution in [0.2, 0.25) is 0 Å². The van der Waals surface area contributed by atoms with Crippen LogP contribution < -0.4 is 0 Å². The van der Waals surface area contributed by atoms with Gasteiger partial charge in [0.1, 0.15) is 4.21 Å². The Balaban J connectivity index is 2.08. The molecule has 0 radical (unpaired) electrons. The Morgan fingerprint density at radius 3 is 2.65 bits per heavy atom. The second-order valence-electron chi connectivity index (χ2n) is 4.28. The first-order chi connectivity index (χ1) is 7.91. The first-order valence-electron chi connectivity index (χ1n) is 5.24. The lowest BCUT2D eigenvalue weighted by Crippen LogP contribution is -2.37. The summed E-state index contributed by atoms with van der Waals surface area (Å²) in [6, 6.07) is 1.77. The number of hydrogen-bond donors (Lipinski definition) is 0. The van der Waals surface area contributed by atoms with Crippen molar-refractivity contribution < 1.29 is 8.42 Å². The van der Waals surface area contributed by atoms with Gasteiger partial charge in [0.2, 0.25) is 0 Å². The fourth-order valence-electron chi connectivity index (χ4n) is 1.87. The van der Waals surface area contributed by atoms with E-state index in [4.69, 9.17) is 0 Å². The zero-order valence-electron chi connectivity index (χ0n) is 9.27. The summed E-state index contributed by atoms with van der Waals surface area (Å²) in [4.78, 5) is 0.567. The van der Waals surface area contributed by atoms with Crippen LogP contribution in [0.1, 0.15) is 12.8 Å². The molecule has 1 heterocycles. The lowest BCUT2D eigenvalue weighted by atomic mass is 9.85. The topological polar surface area (TPSA) is 37.4 Å². The molecule has 0 spiro atoms. The number of alkyl halides is 1. The van der Waals surface area contributed by atoms with Gasteiger partial charge in [-0.25, -0.2) is 8.42 Å². The summed E-state index contributed by atoms with van der Waals surface area (Å²) >= 11 is 8.04. The highest BCUT2D eigenvalue weighted by Gasteiger charge is 2.32. The average Bonchev–Trinajstić information content (AvgIpc) is 2.62. The molecule has 2 rings (SSSR count). The van der Waals surface area contributed by atoms with Crippen molar-refractivity contribution in [3.8, 4) is 0 Å². The van der Waals surface area contributed by atoms with Crippen molar-refractivity contribution in [3.05, 3.63) is 15.9 Å². The molecule has 1 fully saturated rings. The van der Waals surface area contributed by atoms with Gasteiger partial charge in [0, 0.05) is 22.9 Å². The Bertz CT molecular complexity index is 494. The summed E-state index contributed by atoms with van der Waals surface area (Å²) in [6.07, 6.45) is 2.12. The summed E-state index contributed by atoms with van der Waals surface area (Å²) < 4.78 is 27.0. The van der Waals surface area contributed by atoms with Gasteiger partial charge >= 0.3 is 0 Å². The summed E-state index contributed by atoms with van der Waals surface area (Å²) in [5.41, 5.74) is 0. The van der Waals surface area contributed by atoms with E-state index in [0.717, 1.165) is 12.8 Å². The number of sulfonamides is 1. The highest BCUT2D eigenvalue weighted by Crippen LogP contribution is 2.35. The van der Waals surface area contributed by atoms with Gasteiger partial charge in [0.05, 0.1) is 0 Å². The summed E-state index contributed by atoms with van der Waals surface area (Å²) in [5, 5.41) is 1.78. The van der Waals surface area contributed by atoms with Crippen molar-refractivity contribution in [2.24, 2.45) is 5.92 Å². The molecule has 3 nitrogen and oxygen atoms in total. The average molecular weight is 403 g/mol. The van der Waals surface area contributed by atoms with Crippen LogP contribution in [-0.4, -0.2) is 31.1 Å². The van der Waals surface area contributed by atoms with Crippen LogP contribution in [0.15, 0.2) is 20.1 Å². The molecular formula is C10H13Br2NO2S2. The molecule has 0 unspecified atom stereocenters. The van der Waals surface area contributed by atoms with Crippen LogP contribution >= 0.6 is 43.2 Å². The lowest BCUT2D eigenvalue weighted by molar-refractivity contribution is 0.275. The summed E-state index contributed by atoms with van der Waals surface area (Å²) in [6.45, 7) is 0.606. The smallest absolute Gasteiger partial charge is 0.206 e. The first kappa shape index (κ1) is 14.0. The minimum atomic E-state index is -3.33. The van der Waals surface area contributed by atoms with Crippen molar-refractivity contribution in [1.29, 1.82) is 0 Å². The number of thiophene rings is 1. The molecule has 1 aliphatic carbocycles. The van der Waals surface area contributed by atoms with E-state index in [2.05, 4.69) is 31.9 Å². The van der Waals surface area contributed by atoms with Gasteiger partial charge in [0.25, 0.3) is 10.0 Å². The van der Waals surface area contributed by atoms with E-state index in [0.29, 0.717) is 26.0 Å². The van der Waals surface area contributed by atoms with Gasteiger partial charge in [-0.05, 0) is 46.1 Å². The molecule has 0 aliphatic heterocycles. The molecule has 0 N–H and O–H groups in total. The molecule has 0 aromatic carbocycles. The molecule has 1 aliphatic rings. The van der Waals surface area contributed by atoms with Crippen LogP contribution in [0.25, 0.3) is 0 Å². The van der Waals surface area contributed by atoms with Gasteiger partial charge in [-0.1, -0.05) is 15.9 Å². The zero-order valence-corrected chi connectivity index (χ0v) is 14.1. The van der Waals surface area contributed by atoms with Crippen molar-refractivity contribution >= 4 is 53.2 Å². The minimum Gasteiger partial charge on any atom is -0.206 e. The van der Waals surface area contributed by atoms with E-state index >= 15 is 0 Å². The van der Waals surface area contributed by atoms with Gasteiger partial charge in [-0.2, -0.15) is 4.31 Å². The van der Waals surface area contributed by atoms with Crippen LogP contribution in [0.3, 0.4) is 0 Å². The predicted octanol–water partition coefficient (Wildman–Crippen LogP) is 3.30. The number of hydrogen-bond acceptors (Lipinski definition) is 3. The molecule has 1 saturated carbocycles. The van der Waals surface area contributed by atoms with Gasteiger partial charge in [-0.15, -0.1) is 11.3 Å². The van der Waals surface area contributed by atoms with Crippen LogP contribution in [0.4, 0.5) is 0 Å². The lowest BCUT2D eigenvalue weighted by Gasteiger charge is -2.33. The fraction of sp³-hybridized carbons (Fsp3) is 0.600. The molecule has 1 aromatic rings. The number of nitrogens with zero attached hydrogens (tertiary/aromatic N) is 1. The van der Waals surface area contributed by atoms with Gasteiger partial charge in [0.15, 0.2) is 0 Å². The van der Waals surface area contributed by atoms with E-state index in [-0.39, 0.29) is 0 Å². The summed E-state index contributed by atoms with van der Waals surface area (Å²) in [7, 11) is -1.67. The quantitative estimate of drug-likeness (QED) is 0.724. The Labute approximate surface area is 123 Å². The molecule has 1 aromatic heterocycles. The standard InChI is InChI=1S/C10H13Br2NO2S2/c1-13(6-7-4-8(11)5-7)17(14,15)10-9(12)2-3-16-10/h2-3,7-8H,4-6H2,1H3. The maximum atomic E-state index is 12.3. The molecule has 96 valence electrons. The third-order valence-corrected chi connectivity index (χ3v) is 8.14. The second-order valence-corrected chi connectivity index (χ2v) is 9.58. The maximum absolute atomic E-state index is 12.3. The predicted molar refractivity (Wildman–Crippen MR) is 77.3 cm³/mol. The molecule has 0 atom stereocenters. The molecular weight excluding hydrogens is 390 g/mol. The number of rotatable bonds is 4. The van der Waals surface area contributed by atoms with E-state index in [1.165, 1.54) is 15.6 Å². The minimum absolute atomic E-state index is 0.398. The maximum Gasteiger partial charge on any atom is 0.253 e. The Morgan fingerprint density at radius 1 is 1.53 bits per heavy atom. The molecule has 7 heteroatoms. The van der Waals surface area contributed by atoms with E-state index in [9.17, 15) is 8.42 Å². The molecule has 0 bridgehead atoms. The monoisotopic (exact) mass is 401 g/mol. The van der Waals surface area contributed by atoms with Crippen molar-refractivity contribution in [2.45, 2.75) is 21.9 Å². The highest BCUT2D eigenvalue weighted by molar-refractivity contribution is 9.10. The van der Waals surface area contributed by atoms with Crippen LogP contribution in [0, 0.1) is 5.92 Å². The number of halogens is 2. The van der Waals surface area contributed by atoms with E-state index < -0.39 is 10.0 Å². The normalized spacial score (nSPS) is 24.9. The summed E-state index contributed by atoms with van der Waals surface area (Å²) in [5.74, 6) is 0.484. The second kappa shape index (κ2) is 5.28. The Morgan fingerprint density at radius 2 is 2.18 bits per heavy atom.